The number of nitrogens with one attached hydrogen (secondary N) is 1. The molecule has 0 saturated heterocycles. The van der Waals surface area contributed by atoms with E-state index in [1.807, 2.05) is 5.32 Å². The van der Waals surface area contributed by atoms with Crippen LogP contribution in [0.4, 0.5) is 13.2 Å². The summed E-state index contributed by atoms with van der Waals surface area (Å²) in [4.78, 5) is 11.3. The van der Waals surface area contributed by atoms with Crippen molar-refractivity contribution in [3.63, 3.8) is 0 Å². The van der Waals surface area contributed by atoms with Crippen LogP contribution < -0.4 is 11.1 Å². The van der Waals surface area contributed by atoms with Gasteiger partial charge in [-0.25, -0.2) is 13.2 Å². The molecule has 0 heterocycles. The van der Waals surface area contributed by atoms with Crippen molar-refractivity contribution in [3.05, 3.63) is 35.6 Å². The van der Waals surface area contributed by atoms with Crippen molar-refractivity contribution >= 4 is 5.91 Å². The molecule has 16 heavy (non-hydrogen) atoms. The summed E-state index contributed by atoms with van der Waals surface area (Å²) in [5.41, 5.74) is 4.52. The molecule has 0 aliphatic heterocycles. The van der Waals surface area contributed by atoms with Crippen LogP contribution in [0.1, 0.15) is 10.4 Å². The molecule has 3 N–H and O–H groups in total. The van der Waals surface area contributed by atoms with Crippen molar-refractivity contribution in [1.29, 1.82) is 0 Å². The second kappa shape index (κ2) is 4.98. The largest absolute Gasteiger partial charge is 0.346 e. The Labute approximate surface area is 90.4 Å². The zero-order valence-corrected chi connectivity index (χ0v) is 8.34. The Morgan fingerprint density at radius 2 is 2.00 bits per heavy atom. The first kappa shape index (κ1) is 12.5. The molecule has 0 unspecified atom stereocenters. The van der Waals surface area contributed by atoms with Crippen LogP contribution in [0, 0.1) is 5.82 Å². The second-order valence-corrected chi connectivity index (χ2v) is 3.22. The lowest BCUT2D eigenvalue weighted by atomic mass is 10.2. The molecule has 0 aliphatic carbocycles. The summed E-state index contributed by atoms with van der Waals surface area (Å²) < 4.78 is 38.5. The molecule has 1 rings (SSSR count). The number of alkyl halides is 2. The van der Waals surface area contributed by atoms with E-state index in [9.17, 15) is 18.0 Å². The van der Waals surface area contributed by atoms with Crippen LogP contribution in [0.2, 0.25) is 0 Å². The molecule has 0 fully saturated rings. The van der Waals surface area contributed by atoms with Gasteiger partial charge >= 0.3 is 0 Å². The number of carbonyl (C=O) groups is 1. The minimum Gasteiger partial charge on any atom is -0.346 e. The van der Waals surface area contributed by atoms with Crippen molar-refractivity contribution in [2.75, 3.05) is 13.1 Å². The molecule has 1 amide bonds. The van der Waals surface area contributed by atoms with Crippen LogP contribution in [-0.2, 0) is 0 Å². The van der Waals surface area contributed by atoms with Crippen molar-refractivity contribution in [2.24, 2.45) is 5.73 Å². The topological polar surface area (TPSA) is 55.1 Å². The molecule has 1 aromatic carbocycles. The zero-order chi connectivity index (χ0) is 12.2. The first-order chi connectivity index (χ1) is 7.46. The third-order valence-corrected chi connectivity index (χ3v) is 1.92. The van der Waals surface area contributed by atoms with Crippen LogP contribution in [0.25, 0.3) is 0 Å². The SMILES string of the molecule is NCC(F)(F)CNC(=O)c1ccccc1F. The van der Waals surface area contributed by atoms with E-state index in [1.54, 1.807) is 0 Å². The molecule has 0 radical (unpaired) electrons. The van der Waals surface area contributed by atoms with Gasteiger partial charge < -0.3 is 11.1 Å². The van der Waals surface area contributed by atoms with Crippen LogP contribution in [0.15, 0.2) is 24.3 Å². The summed E-state index contributed by atoms with van der Waals surface area (Å²) >= 11 is 0. The summed E-state index contributed by atoms with van der Waals surface area (Å²) in [6, 6.07) is 5.14. The highest BCUT2D eigenvalue weighted by Gasteiger charge is 2.27. The lowest BCUT2D eigenvalue weighted by Gasteiger charge is -2.14. The van der Waals surface area contributed by atoms with Crippen LogP contribution >= 0.6 is 0 Å². The number of hydrogen-bond donors (Lipinski definition) is 2. The predicted octanol–water partition coefficient (Wildman–Crippen LogP) is 1.15. The third-order valence-electron chi connectivity index (χ3n) is 1.92. The van der Waals surface area contributed by atoms with E-state index in [4.69, 9.17) is 5.73 Å². The molecule has 0 aliphatic rings. The van der Waals surface area contributed by atoms with E-state index in [1.165, 1.54) is 18.2 Å². The summed E-state index contributed by atoms with van der Waals surface area (Å²) in [5, 5.41) is 1.92. The lowest BCUT2D eigenvalue weighted by molar-refractivity contribution is 0.0118. The van der Waals surface area contributed by atoms with Gasteiger partial charge in [-0.1, -0.05) is 12.1 Å². The summed E-state index contributed by atoms with van der Waals surface area (Å²) in [7, 11) is 0. The fraction of sp³-hybridized carbons (Fsp3) is 0.300. The highest BCUT2D eigenvalue weighted by Crippen LogP contribution is 2.10. The smallest absolute Gasteiger partial charge is 0.277 e. The van der Waals surface area contributed by atoms with Crippen LogP contribution in [0.3, 0.4) is 0 Å². The molecule has 0 bridgehead atoms. The van der Waals surface area contributed by atoms with Crippen LogP contribution in [0.5, 0.6) is 0 Å². The molecule has 0 atom stereocenters. The second-order valence-electron chi connectivity index (χ2n) is 3.22. The molecule has 0 aromatic heterocycles. The van der Waals surface area contributed by atoms with Gasteiger partial charge in [-0.3, -0.25) is 4.79 Å². The Hall–Kier alpha value is -1.56. The minimum absolute atomic E-state index is 0.268. The van der Waals surface area contributed by atoms with Gasteiger partial charge in [-0.05, 0) is 12.1 Å². The standard InChI is InChI=1S/C10H11F3N2O/c11-8-4-2-1-3-7(8)9(16)15-6-10(12,13)5-14/h1-4H,5-6,14H2,(H,15,16). The van der Waals surface area contributed by atoms with Gasteiger partial charge in [0.05, 0.1) is 18.7 Å². The van der Waals surface area contributed by atoms with Gasteiger partial charge in [0.1, 0.15) is 5.82 Å². The molecular formula is C10H11F3N2O. The Kier molecular flexibility index (Phi) is 3.89. The quantitative estimate of drug-likeness (QED) is 0.818. The highest BCUT2D eigenvalue weighted by molar-refractivity contribution is 5.94. The van der Waals surface area contributed by atoms with Gasteiger partial charge in [-0.15, -0.1) is 0 Å². The molecule has 3 nitrogen and oxygen atoms in total. The molecule has 0 saturated carbocycles. The molecule has 1 aromatic rings. The number of rotatable bonds is 4. The zero-order valence-electron chi connectivity index (χ0n) is 8.34. The van der Waals surface area contributed by atoms with Gasteiger partial charge in [0, 0.05) is 0 Å². The van der Waals surface area contributed by atoms with E-state index < -0.39 is 30.7 Å². The number of benzene rings is 1. The first-order valence-electron chi connectivity index (χ1n) is 4.57. The maximum absolute atomic E-state index is 13.1. The van der Waals surface area contributed by atoms with E-state index in [0.29, 0.717) is 0 Å². The van der Waals surface area contributed by atoms with Gasteiger partial charge in [-0.2, -0.15) is 0 Å². The Morgan fingerprint density at radius 1 is 1.38 bits per heavy atom. The number of amides is 1. The van der Waals surface area contributed by atoms with Gasteiger partial charge in [0.2, 0.25) is 0 Å². The number of nitrogens with two attached hydrogens (primary N) is 1. The maximum Gasteiger partial charge on any atom is 0.277 e. The first-order valence-corrected chi connectivity index (χ1v) is 4.57. The van der Waals surface area contributed by atoms with Gasteiger partial charge in [0.25, 0.3) is 11.8 Å². The highest BCUT2D eigenvalue weighted by atomic mass is 19.3. The molecular weight excluding hydrogens is 221 g/mol. The van der Waals surface area contributed by atoms with E-state index in [0.717, 1.165) is 6.07 Å². The van der Waals surface area contributed by atoms with Crippen molar-refractivity contribution < 1.29 is 18.0 Å². The van der Waals surface area contributed by atoms with Crippen molar-refractivity contribution in [1.82, 2.24) is 5.32 Å². The van der Waals surface area contributed by atoms with E-state index in [-0.39, 0.29) is 5.56 Å². The lowest BCUT2D eigenvalue weighted by Crippen LogP contribution is -2.41. The summed E-state index contributed by atoms with van der Waals surface area (Å²) in [6.45, 7) is -1.78. The van der Waals surface area contributed by atoms with E-state index in [2.05, 4.69) is 0 Å². The Balaban J connectivity index is 2.64. The number of halogens is 3. The normalized spacial score (nSPS) is 11.2. The summed E-state index contributed by atoms with van der Waals surface area (Å²) in [6.07, 6.45) is 0. The molecule has 0 spiro atoms. The number of carbonyl (C=O) groups excluding carboxylic acids is 1. The third kappa shape index (κ3) is 3.23. The fourth-order valence-electron chi connectivity index (χ4n) is 1.02. The fourth-order valence-corrected chi connectivity index (χ4v) is 1.02. The average Bonchev–Trinajstić information content (AvgIpc) is 2.27. The Morgan fingerprint density at radius 3 is 2.56 bits per heavy atom. The molecule has 6 heteroatoms. The number of hydrogen-bond acceptors (Lipinski definition) is 2. The maximum atomic E-state index is 13.1. The van der Waals surface area contributed by atoms with Crippen LogP contribution in [-0.4, -0.2) is 24.9 Å². The van der Waals surface area contributed by atoms with Gasteiger partial charge in [0.15, 0.2) is 0 Å². The summed E-state index contributed by atoms with van der Waals surface area (Å²) in [5.74, 6) is -4.82. The average molecular weight is 232 g/mol. The Bertz CT molecular complexity index is 382. The molecule has 88 valence electrons. The van der Waals surface area contributed by atoms with Crippen molar-refractivity contribution in [3.8, 4) is 0 Å². The monoisotopic (exact) mass is 232 g/mol. The predicted molar refractivity (Wildman–Crippen MR) is 52.7 cm³/mol. The van der Waals surface area contributed by atoms with E-state index >= 15 is 0 Å². The van der Waals surface area contributed by atoms with Crippen molar-refractivity contribution in [2.45, 2.75) is 5.92 Å². The minimum atomic E-state index is -3.18.